The first kappa shape index (κ1) is 25.0. The third kappa shape index (κ3) is 4.98. The molecule has 0 atom stereocenters. The number of alkyl halides is 6. The summed E-state index contributed by atoms with van der Waals surface area (Å²) in [6.07, 6.45) is -10.2. The van der Waals surface area contributed by atoms with Crippen molar-refractivity contribution in [1.29, 1.82) is 0 Å². The number of rotatable bonds is 4. The van der Waals surface area contributed by atoms with Gasteiger partial charge in [0.25, 0.3) is 5.56 Å². The second kappa shape index (κ2) is 8.86. The lowest BCUT2D eigenvalue weighted by Gasteiger charge is -2.14. The van der Waals surface area contributed by atoms with Gasteiger partial charge < -0.3 is 19.6 Å². The summed E-state index contributed by atoms with van der Waals surface area (Å²) in [5.74, 6) is -3.14. The number of H-pyrrole nitrogens is 1. The van der Waals surface area contributed by atoms with Crippen molar-refractivity contribution in [3.05, 3.63) is 63.0 Å². The SMILES string of the molecule is CC(=O)Nc1ccc2c(-c3nc(C(F)(F)F)c(Oc4ccc(Cl)c(C(F)(F)F)c4)c(=O)[nH]3)noc2c1. The van der Waals surface area contributed by atoms with Gasteiger partial charge in [-0.25, -0.2) is 4.98 Å². The molecule has 188 valence electrons. The number of anilines is 1. The largest absolute Gasteiger partial charge is 0.449 e. The number of nitrogens with one attached hydrogen (secondary N) is 2. The molecule has 0 aliphatic heterocycles. The Balaban J connectivity index is 1.80. The van der Waals surface area contributed by atoms with E-state index in [1.165, 1.54) is 25.1 Å². The molecule has 2 aromatic heterocycles. The molecule has 0 aliphatic rings. The monoisotopic (exact) mass is 532 g/mol. The molecule has 0 saturated carbocycles. The van der Waals surface area contributed by atoms with E-state index in [-0.39, 0.29) is 22.6 Å². The van der Waals surface area contributed by atoms with Crippen molar-refractivity contribution in [3.8, 4) is 23.0 Å². The quantitative estimate of drug-likeness (QED) is 0.311. The third-order valence-electron chi connectivity index (χ3n) is 4.63. The summed E-state index contributed by atoms with van der Waals surface area (Å²) in [6.45, 7) is 1.26. The van der Waals surface area contributed by atoms with Crippen molar-refractivity contribution in [2.45, 2.75) is 19.3 Å². The van der Waals surface area contributed by atoms with Crippen LogP contribution in [0.4, 0.5) is 32.0 Å². The molecule has 8 nitrogen and oxygen atoms in total. The van der Waals surface area contributed by atoms with Crippen LogP contribution in [0.1, 0.15) is 18.2 Å². The molecule has 4 rings (SSSR count). The van der Waals surface area contributed by atoms with Gasteiger partial charge in [-0.1, -0.05) is 16.8 Å². The van der Waals surface area contributed by atoms with Crippen LogP contribution in [-0.2, 0) is 17.1 Å². The summed E-state index contributed by atoms with van der Waals surface area (Å²) in [5, 5.41) is 5.57. The molecule has 0 radical (unpaired) electrons. The minimum Gasteiger partial charge on any atom is -0.449 e. The molecule has 36 heavy (non-hydrogen) atoms. The van der Waals surface area contributed by atoms with Crippen LogP contribution >= 0.6 is 11.6 Å². The molecular weight excluding hydrogens is 522 g/mol. The van der Waals surface area contributed by atoms with E-state index in [0.717, 1.165) is 12.1 Å². The van der Waals surface area contributed by atoms with Crippen molar-refractivity contribution < 1.29 is 40.4 Å². The molecule has 2 N–H and O–H groups in total. The minimum absolute atomic E-state index is 0.0635. The van der Waals surface area contributed by atoms with Gasteiger partial charge in [-0.05, 0) is 30.3 Å². The number of aromatic amines is 1. The summed E-state index contributed by atoms with van der Waals surface area (Å²) >= 11 is 5.51. The Bertz CT molecular complexity index is 1540. The van der Waals surface area contributed by atoms with Gasteiger partial charge >= 0.3 is 12.4 Å². The normalized spacial score (nSPS) is 12.1. The number of hydrogen-bond donors (Lipinski definition) is 2. The van der Waals surface area contributed by atoms with E-state index < -0.39 is 51.5 Å². The second-order valence-corrected chi connectivity index (χ2v) is 7.66. The van der Waals surface area contributed by atoms with Gasteiger partial charge in [-0.3, -0.25) is 9.59 Å². The van der Waals surface area contributed by atoms with E-state index in [1.807, 2.05) is 0 Å². The van der Waals surface area contributed by atoms with Crippen LogP contribution in [0.3, 0.4) is 0 Å². The van der Waals surface area contributed by atoms with Gasteiger partial charge in [-0.15, -0.1) is 0 Å². The molecule has 0 spiro atoms. The van der Waals surface area contributed by atoms with Crippen molar-refractivity contribution in [3.63, 3.8) is 0 Å². The first-order valence-corrected chi connectivity index (χ1v) is 10.1. The number of carbonyl (C=O) groups is 1. The molecule has 0 aliphatic carbocycles. The zero-order valence-corrected chi connectivity index (χ0v) is 18.4. The van der Waals surface area contributed by atoms with Crippen LogP contribution in [0.15, 0.2) is 45.7 Å². The maximum absolute atomic E-state index is 13.8. The summed E-state index contributed by atoms with van der Waals surface area (Å²) in [4.78, 5) is 29.3. The second-order valence-electron chi connectivity index (χ2n) is 7.25. The Kier molecular flexibility index (Phi) is 6.16. The van der Waals surface area contributed by atoms with E-state index in [0.29, 0.717) is 11.8 Å². The maximum Gasteiger partial charge on any atom is 0.437 e. The van der Waals surface area contributed by atoms with Crippen molar-refractivity contribution in [2.24, 2.45) is 0 Å². The summed E-state index contributed by atoms with van der Waals surface area (Å²) in [6, 6.07) is 6.13. The maximum atomic E-state index is 13.8. The van der Waals surface area contributed by atoms with Gasteiger partial charge in [-0.2, -0.15) is 26.3 Å². The molecule has 0 bridgehead atoms. The summed E-state index contributed by atoms with van der Waals surface area (Å²) in [5.41, 5.74) is -4.50. The van der Waals surface area contributed by atoms with E-state index in [4.69, 9.17) is 20.9 Å². The van der Waals surface area contributed by atoms with E-state index in [9.17, 15) is 35.9 Å². The number of hydrogen-bond acceptors (Lipinski definition) is 6. The van der Waals surface area contributed by atoms with Crippen molar-refractivity contribution in [2.75, 3.05) is 5.32 Å². The zero-order chi connectivity index (χ0) is 26.4. The molecule has 0 unspecified atom stereocenters. The lowest BCUT2D eigenvalue weighted by Crippen LogP contribution is -2.21. The molecule has 2 aromatic carbocycles. The highest BCUT2D eigenvalue weighted by Crippen LogP contribution is 2.40. The number of amides is 1. The van der Waals surface area contributed by atoms with E-state index >= 15 is 0 Å². The van der Waals surface area contributed by atoms with Gasteiger partial charge in [0, 0.05) is 18.7 Å². The zero-order valence-electron chi connectivity index (χ0n) is 17.6. The topological polar surface area (TPSA) is 110 Å². The smallest absolute Gasteiger partial charge is 0.437 e. The molecule has 0 saturated heterocycles. The Morgan fingerprint density at radius 2 is 1.81 bits per heavy atom. The molecule has 15 heteroatoms. The highest BCUT2D eigenvalue weighted by Gasteiger charge is 2.40. The number of halogens is 7. The predicted molar refractivity (Wildman–Crippen MR) is 114 cm³/mol. The number of fused-ring (bicyclic) bond motifs is 1. The standard InChI is InChI=1S/C21H11ClF6N4O4/c1-8(33)29-9-2-4-11-14(6-9)36-32-15(11)18-30-17(21(26,27)28)16(19(34)31-18)35-10-3-5-13(22)12(7-10)20(23,24)25/h2-7H,1H3,(H,29,33)(H,30,31,34). The minimum atomic E-state index is -5.24. The first-order chi connectivity index (χ1) is 16.7. The molecule has 2 heterocycles. The van der Waals surface area contributed by atoms with Gasteiger partial charge in [0.2, 0.25) is 11.7 Å². The highest BCUT2D eigenvalue weighted by molar-refractivity contribution is 6.31. The fourth-order valence-electron chi connectivity index (χ4n) is 3.15. The Morgan fingerprint density at radius 1 is 1.08 bits per heavy atom. The molecule has 4 aromatic rings. The van der Waals surface area contributed by atoms with Crippen molar-refractivity contribution in [1.82, 2.24) is 15.1 Å². The van der Waals surface area contributed by atoms with Crippen LogP contribution < -0.4 is 15.6 Å². The average Bonchev–Trinajstić information content (AvgIpc) is 3.17. The highest BCUT2D eigenvalue weighted by atomic mass is 35.5. The van der Waals surface area contributed by atoms with Crippen LogP contribution in [0.25, 0.3) is 22.5 Å². The molecule has 1 amide bonds. The van der Waals surface area contributed by atoms with Gasteiger partial charge in [0.05, 0.1) is 16.0 Å². The van der Waals surface area contributed by atoms with E-state index in [2.05, 4.69) is 20.4 Å². The number of nitrogens with zero attached hydrogens (tertiary/aromatic N) is 2. The number of benzene rings is 2. The van der Waals surface area contributed by atoms with Gasteiger partial charge in [0.1, 0.15) is 5.75 Å². The number of aromatic nitrogens is 3. The lowest BCUT2D eigenvalue weighted by molar-refractivity contribution is -0.142. The fourth-order valence-corrected chi connectivity index (χ4v) is 3.38. The Labute approximate surface area is 200 Å². The first-order valence-electron chi connectivity index (χ1n) is 9.67. The van der Waals surface area contributed by atoms with Gasteiger partial charge in [0.15, 0.2) is 22.8 Å². The summed E-state index contributed by atoms with van der Waals surface area (Å²) < 4.78 is 90.7. The lowest BCUT2D eigenvalue weighted by atomic mass is 10.2. The molecular formula is C21H11ClF6N4O4. The van der Waals surface area contributed by atoms with Crippen molar-refractivity contribution >= 4 is 34.2 Å². The van der Waals surface area contributed by atoms with Crippen LogP contribution in [0.2, 0.25) is 5.02 Å². The number of carbonyl (C=O) groups excluding carboxylic acids is 1. The number of ether oxygens (including phenoxy) is 1. The third-order valence-corrected chi connectivity index (χ3v) is 4.95. The fraction of sp³-hybridized carbons (Fsp3) is 0.143. The average molecular weight is 533 g/mol. The van der Waals surface area contributed by atoms with Crippen LogP contribution in [-0.4, -0.2) is 21.0 Å². The Morgan fingerprint density at radius 3 is 2.44 bits per heavy atom. The van der Waals surface area contributed by atoms with Crippen LogP contribution in [0.5, 0.6) is 11.5 Å². The summed E-state index contributed by atoms with van der Waals surface area (Å²) in [7, 11) is 0. The Hall–Kier alpha value is -4.07. The van der Waals surface area contributed by atoms with Crippen LogP contribution in [0, 0.1) is 0 Å². The molecule has 0 fully saturated rings. The predicted octanol–water partition coefficient (Wildman–Crippen LogP) is 6.02. The van der Waals surface area contributed by atoms with E-state index in [1.54, 1.807) is 0 Å².